The standard InChI is InChI=1S/C19H22O4/c1-2-23-19(21)18(16-11-7-4-8-12-16)17(20)14-22-13-15-9-5-3-6-10-15/h3-12,17-18,20H,2,13-14H2,1H3/t17-,18-/m1/s1. The third-order valence-corrected chi connectivity index (χ3v) is 3.48. The number of benzene rings is 2. The zero-order valence-electron chi connectivity index (χ0n) is 13.2. The number of aliphatic hydroxyl groups is 1. The first kappa shape index (κ1) is 17.2. The Morgan fingerprint density at radius 1 is 1.04 bits per heavy atom. The first-order valence-electron chi connectivity index (χ1n) is 7.73. The summed E-state index contributed by atoms with van der Waals surface area (Å²) in [5.74, 6) is -1.18. The first-order chi connectivity index (χ1) is 11.2. The van der Waals surface area contributed by atoms with Gasteiger partial charge in [-0.05, 0) is 18.1 Å². The van der Waals surface area contributed by atoms with E-state index in [1.165, 1.54) is 0 Å². The maximum absolute atomic E-state index is 12.2. The maximum Gasteiger partial charge on any atom is 0.316 e. The van der Waals surface area contributed by atoms with Crippen molar-refractivity contribution in [2.75, 3.05) is 13.2 Å². The minimum absolute atomic E-state index is 0.0628. The van der Waals surface area contributed by atoms with Crippen molar-refractivity contribution < 1.29 is 19.4 Å². The molecule has 4 heteroatoms. The zero-order chi connectivity index (χ0) is 16.5. The predicted octanol–water partition coefficient (Wildman–Crippen LogP) is 2.91. The molecule has 23 heavy (non-hydrogen) atoms. The minimum atomic E-state index is -0.958. The lowest BCUT2D eigenvalue weighted by atomic mass is 9.94. The number of hydrogen-bond acceptors (Lipinski definition) is 4. The van der Waals surface area contributed by atoms with Gasteiger partial charge in [-0.15, -0.1) is 0 Å². The smallest absolute Gasteiger partial charge is 0.316 e. The van der Waals surface area contributed by atoms with E-state index in [0.717, 1.165) is 11.1 Å². The molecule has 0 heterocycles. The molecule has 0 saturated carbocycles. The van der Waals surface area contributed by atoms with Gasteiger partial charge in [-0.3, -0.25) is 4.79 Å². The Morgan fingerprint density at radius 2 is 1.65 bits per heavy atom. The van der Waals surface area contributed by atoms with Crippen molar-refractivity contribution in [3.8, 4) is 0 Å². The van der Waals surface area contributed by atoms with Gasteiger partial charge < -0.3 is 14.6 Å². The molecule has 0 fully saturated rings. The Balaban J connectivity index is 1.99. The molecule has 0 unspecified atom stereocenters. The van der Waals surface area contributed by atoms with E-state index in [9.17, 15) is 9.90 Å². The number of hydrogen-bond donors (Lipinski definition) is 1. The molecule has 1 N–H and O–H groups in total. The summed E-state index contributed by atoms with van der Waals surface area (Å²) in [4.78, 5) is 12.2. The monoisotopic (exact) mass is 314 g/mol. The molecule has 2 aromatic carbocycles. The van der Waals surface area contributed by atoms with E-state index in [1.54, 1.807) is 6.92 Å². The summed E-state index contributed by atoms with van der Waals surface area (Å²) in [6.07, 6.45) is -0.958. The van der Waals surface area contributed by atoms with Gasteiger partial charge in [0.2, 0.25) is 0 Å². The second-order valence-electron chi connectivity index (χ2n) is 5.21. The fraction of sp³-hybridized carbons (Fsp3) is 0.316. The molecule has 0 saturated heterocycles. The Hall–Kier alpha value is -2.17. The molecule has 0 aliphatic carbocycles. The number of aliphatic hydroxyl groups excluding tert-OH is 1. The molecule has 0 spiro atoms. The minimum Gasteiger partial charge on any atom is -0.465 e. The maximum atomic E-state index is 12.2. The predicted molar refractivity (Wildman–Crippen MR) is 87.9 cm³/mol. The summed E-state index contributed by atoms with van der Waals surface area (Å²) in [6, 6.07) is 18.8. The van der Waals surface area contributed by atoms with Gasteiger partial charge in [0.05, 0.1) is 25.9 Å². The van der Waals surface area contributed by atoms with Crippen LogP contribution in [0.5, 0.6) is 0 Å². The van der Waals surface area contributed by atoms with Crippen LogP contribution in [0.2, 0.25) is 0 Å². The summed E-state index contributed by atoms with van der Waals surface area (Å²) in [6.45, 7) is 2.48. The van der Waals surface area contributed by atoms with E-state index in [2.05, 4.69) is 0 Å². The third-order valence-electron chi connectivity index (χ3n) is 3.48. The summed E-state index contributed by atoms with van der Waals surface area (Å²) in [7, 11) is 0. The van der Waals surface area contributed by atoms with Gasteiger partial charge in [0, 0.05) is 0 Å². The van der Waals surface area contributed by atoms with E-state index in [4.69, 9.17) is 9.47 Å². The molecule has 0 amide bonds. The van der Waals surface area contributed by atoms with Crippen LogP contribution in [-0.2, 0) is 20.9 Å². The second kappa shape index (κ2) is 9.08. The molecular formula is C19H22O4. The number of ether oxygens (including phenoxy) is 2. The van der Waals surface area contributed by atoms with Crippen molar-refractivity contribution in [3.05, 3.63) is 71.8 Å². The van der Waals surface area contributed by atoms with Crippen molar-refractivity contribution in [2.24, 2.45) is 0 Å². The van der Waals surface area contributed by atoms with Gasteiger partial charge in [0.1, 0.15) is 5.92 Å². The van der Waals surface area contributed by atoms with Crippen molar-refractivity contribution >= 4 is 5.97 Å². The topological polar surface area (TPSA) is 55.8 Å². The SMILES string of the molecule is CCOC(=O)[C@H](c1ccccc1)[C@H](O)COCc1ccccc1. The molecule has 0 aromatic heterocycles. The number of esters is 1. The normalized spacial score (nSPS) is 13.3. The lowest BCUT2D eigenvalue weighted by Crippen LogP contribution is -2.31. The summed E-state index contributed by atoms with van der Waals surface area (Å²) < 4.78 is 10.6. The highest BCUT2D eigenvalue weighted by molar-refractivity contribution is 5.79. The van der Waals surface area contributed by atoms with Gasteiger partial charge in [-0.25, -0.2) is 0 Å². The van der Waals surface area contributed by atoms with Gasteiger partial charge in [-0.1, -0.05) is 60.7 Å². The van der Waals surface area contributed by atoms with E-state index in [-0.39, 0.29) is 13.2 Å². The van der Waals surface area contributed by atoms with Gasteiger partial charge >= 0.3 is 5.97 Å². The third kappa shape index (κ3) is 5.20. The van der Waals surface area contributed by atoms with Crippen LogP contribution in [0, 0.1) is 0 Å². The van der Waals surface area contributed by atoms with E-state index in [1.807, 2.05) is 60.7 Å². The Kier molecular flexibility index (Phi) is 6.78. The average molecular weight is 314 g/mol. The molecule has 0 aliphatic heterocycles. The lowest BCUT2D eigenvalue weighted by molar-refractivity contribution is -0.149. The van der Waals surface area contributed by atoms with Crippen molar-refractivity contribution in [2.45, 2.75) is 25.6 Å². The number of carbonyl (C=O) groups is 1. The molecule has 4 nitrogen and oxygen atoms in total. The van der Waals surface area contributed by atoms with Crippen LogP contribution in [0.25, 0.3) is 0 Å². The Bertz CT molecular complexity index is 583. The van der Waals surface area contributed by atoms with E-state index < -0.39 is 18.0 Å². The Labute approximate surface area is 136 Å². The highest BCUT2D eigenvalue weighted by Gasteiger charge is 2.30. The van der Waals surface area contributed by atoms with E-state index in [0.29, 0.717) is 6.61 Å². The summed E-state index contributed by atoms with van der Waals surface area (Å²) in [5.41, 5.74) is 1.74. The van der Waals surface area contributed by atoms with E-state index >= 15 is 0 Å². The number of carbonyl (C=O) groups excluding carboxylic acids is 1. The average Bonchev–Trinajstić information content (AvgIpc) is 2.57. The number of rotatable bonds is 8. The molecule has 2 atom stereocenters. The van der Waals surface area contributed by atoms with Crippen LogP contribution in [0.4, 0.5) is 0 Å². The molecule has 0 bridgehead atoms. The fourth-order valence-electron chi connectivity index (χ4n) is 2.38. The fourth-order valence-corrected chi connectivity index (χ4v) is 2.38. The van der Waals surface area contributed by atoms with Crippen molar-refractivity contribution in [3.63, 3.8) is 0 Å². The highest BCUT2D eigenvalue weighted by Crippen LogP contribution is 2.22. The largest absolute Gasteiger partial charge is 0.465 e. The van der Waals surface area contributed by atoms with Crippen molar-refractivity contribution in [1.29, 1.82) is 0 Å². The van der Waals surface area contributed by atoms with Crippen LogP contribution in [-0.4, -0.2) is 30.4 Å². The molecule has 2 rings (SSSR count). The zero-order valence-corrected chi connectivity index (χ0v) is 13.2. The molecule has 0 aliphatic rings. The molecular weight excluding hydrogens is 292 g/mol. The van der Waals surface area contributed by atoms with Gasteiger partial charge in [-0.2, -0.15) is 0 Å². The van der Waals surface area contributed by atoms with Gasteiger partial charge in [0.15, 0.2) is 0 Å². The quantitative estimate of drug-likeness (QED) is 0.761. The van der Waals surface area contributed by atoms with Crippen LogP contribution in [0.15, 0.2) is 60.7 Å². The van der Waals surface area contributed by atoms with Crippen molar-refractivity contribution in [1.82, 2.24) is 0 Å². The molecule has 2 aromatic rings. The second-order valence-corrected chi connectivity index (χ2v) is 5.21. The van der Waals surface area contributed by atoms with Crippen LogP contribution >= 0.6 is 0 Å². The van der Waals surface area contributed by atoms with Crippen LogP contribution in [0.1, 0.15) is 24.0 Å². The molecule has 0 radical (unpaired) electrons. The lowest BCUT2D eigenvalue weighted by Gasteiger charge is -2.21. The Morgan fingerprint density at radius 3 is 2.26 bits per heavy atom. The van der Waals surface area contributed by atoms with Crippen LogP contribution < -0.4 is 0 Å². The first-order valence-corrected chi connectivity index (χ1v) is 7.73. The summed E-state index contributed by atoms with van der Waals surface area (Å²) in [5, 5.41) is 10.4. The molecule has 122 valence electrons. The van der Waals surface area contributed by atoms with Crippen LogP contribution in [0.3, 0.4) is 0 Å². The highest BCUT2D eigenvalue weighted by atomic mass is 16.5. The van der Waals surface area contributed by atoms with Gasteiger partial charge in [0.25, 0.3) is 0 Å². The summed E-state index contributed by atoms with van der Waals surface area (Å²) >= 11 is 0.